The molecule has 0 saturated heterocycles. The molecule has 1 aliphatic heterocycles. The van der Waals surface area contributed by atoms with Gasteiger partial charge >= 0.3 is 0 Å². The number of benzene rings is 1. The van der Waals surface area contributed by atoms with Crippen molar-refractivity contribution < 1.29 is 4.74 Å². The Morgan fingerprint density at radius 3 is 2.80 bits per heavy atom. The molecule has 1 aromatic carbocycles. The van der Waals surface area contributed by atoms with Crippen LogP contribution in [0.3, 0.4) is 0 Å². The van der Waals surface area contributed by atoms with Crippen LogP contribution in [0.15, 0.2) is 23.2 Å². The zero-order chi connectivity index (χ0) is 18.1. The maximum atomic E-state index is 5.56. The van der Waals surface area contributed by atoms with Crippen molar-refractivity contribution in [3.63, 3.8) is 0 Å². The van der Waals surface area contributed by atoms with E-state index in [-0.39, 0.29) is 0 Å². The fourth-order valence-corrected chi connectivity index (χ4v) is 2.89. The molecule has 0 spiro atoms. The lowest BCUT2D eigenvalue weighted by molar-refractivity contribution is 0.268. The molecule has 1 aliphatic rings. The van der Waals surface area contributed by atoms with E-state index >= 15 is 0 Å². The minimum atomic E-state index is 0.619. The maximum absolute atomic E-state index is 5.56. The van der Waals surface area contributed by atoms with E-state index in [9.17, 15) is 0 Å². The first-order valence-corrected chi connectivity index (χ1v) is 9.49. The predicted octanol–water partition coefficient (Wildman–Crippen LogP) is 2.45. The monoisotopic (exact) mass is 346 g/mol. The Bertz CT molecular complexity index is 557. The third-order valence-electron chi connectivity index (χ3n) is 4.80. The highest BCUT2D eigenvalue weighted by Crippen LogP contribution is 2.25. The quantitative estimate of drug-likeness (QED) is 0.410. The molecule has 5 nitrogen and oxygen atoms in total. The first kappa shape index (κ1) is 19.6. The molecule has 5 heteroatoms. The van der Waals surface area contributed by atoms with E-state index in [2.05, 4.69) is 59.6 Å². The van der Waals surface area contributed by atoms with E-state index in [0.717, 1.165) is 57.2 Å². The standard InChI is InChI=1S/C20H34N4O/c1-16(2)24(4)13-6-5-11-22-20(21-3)23-12-9-17-7-8-19-18(15-17)10-14-25-19/h7-8,15-16H,5-6,9-14H2,1-4H3,(H2,21,22,23). The van der Waals surface area contributed by atoms with Gasteiger partial charge in [-0.25, -0.2) is 0 Å². The molecule has 1 heterocycles. The molecule has 0 atom stereocenters. The first-order valence-electron chi connectivity index (χ1n) is 9.49. The van der Waals surface area contributed by atoms with Gasteiger partial charge in [-0.05, 0) is 63.9 Å². The summed E-state index contributed by atoms with van der Waals surface area (Å²) in [4.78, 5) is 6.69. The van der Waals surface area contributed by atoms with E-state index < -0.39 is 0 Å². The second-order valence-electron chi connectivity index (χ2n) is 7.00. The Kier molecular flexibility index (Phi) is 8.06. The third-order valence-corrected chi connectivity index (χ3v) is 4.80. The summed E-state index contributed by atoms with van der Waals surface area (Å²) in [6, 6.07) is 7.14. The van der Waals surface area contributed by atoms with E-state index in [0.29, 0.717) is 6.04 Å². The van der Waals surface area contributed by atoms with Crippen LogP contribution in [0.1, 0.15) is 37.8 Å². The number of nitrogens with zero attached hydrogens (tertiary/aromatic N) is 2. The molecular formula is C20H34N4O. The lowest BCUT2D eigenvalue weighted by Crippen LogP contribution is -2.39. The number of ether oxygens (including phenoxy) is 1. The normalized spacial score (nSPS) is 13.9. The molecule has 25 heavy (non-hydrogen) atoms. The number of fused-ring (bicyclic) bond motifs is 1. The Hall–Kier alpha value is -1.75. The average Bonchev–Trinajstić information content (AvgIpc) is 3.07. The highest BCUT2D eigenvalue weighted by Gasteiger charge is 2.11. The van der Waals surface area contributed by atoms with E-state index in [1.54, 1.807) is 0 Å². The summed E-state index contributed by atoms with van der Waals surface area (Å²) in [7, 11) is 4.01. The molecule has 0 fully saturated rings. The zero-order valence-corrected chi connectivity index (χ0v) is 16.3. The summed E-state index contributed by atoms with van der Waals surface area (Å²) >= 11 is 0. The van der Waals surface area contributed by atoms with Crippen LogP contribution in [0, 0.1) is 0 Å². The lowest BCUT2D eigenvalue weighted by Gasteiger charge is -2.20. The van der Waals surface area contributed by atoms with Crippen molar-refractivity contribution in [2.24, 2.45) is 4.99 Å². The number of hydrogen-bond donors (Lipinski definition) is 2. The largest absolute Gasteiger partial charge is 0.493 e. The fourth-order valence-electron chi connectivity index (χ4n) is 2.89. The van der Waals surface area contributed by atoms with Gasteiger partial charge in [-0.1, -0.05) is 12.1 Å². The molecule has 0 aromatic heterocycles. The van der Waals surface area contributed by atoms with Crippen molar-refractivity contribution in [3.8, 4) is 5.75 Å². The van der Waals surface area contributed by atoms with Gasteiger partial charge in [-0.2, -0.15) is 0 Å². The number of unbranched alkanes of at least 4 members (excludes halogenated alkanes) is 1. The minimum Gasteiger partial charge on any atom is -0.493 e. The summed E-state index contributed by atoms with van der Waals surface area (Å²) < 4.78 is 5.56. The van der Waals surface area contributed by atoms with Gasteiger partial charge < -0.3 is 20.3 Å². The number of nitrogens with one attached hydrogen (secondary N) is 2. The van der Waals surface area contributed by atoms with Crippen molar-refractivity contribution in [2.75, 3.05) is 40.3 Å². The molecule has 140 valence electrons. The van der Waals surface area contributed by atoms with Gasteiger partial charge in [0.25, 0.3) is 0 Å². The van der Waals surface area contributed by atoms with Crippen LogP contribution < -0.4 is 15.4 Å². The van der Waals surface area contributed by atoms with Crippen LogP contribution in [0.5, 0.6) is 5.75 Å². The van der Waals surface area contributed by atoms with Crippen LogP contribution in [0.4, 0.5) is 0 Å². The molecule has 0 radical (unpaired) electrons. The summed E-state index contributed by atoms with van der Waals surface area (Å²) in [6.45, 7) is 8.28. The van der Waals surface area contributed by atoms with Gasteiger partial charge in [0.05, 0.1) is 6.61 Å². The van der Waals surface area contributed by atoms with E-state index in [4.69, 9.17) is 4.74 Å². The van der Waals surface area contributed by atoms with Crippen molar-refractivity contribution in [1.29, 1.82) is 0 Å². The summed E-state index contributed by atoms with van der Waals surface area (Å²) in [6.07, 6.45) is 4.39. The predicted molar refractivity (Wildman–Crippen MR) is 106 cm³/mol. The summed E-state index contributed by atoms with van der Waals surface area (Å²) in [5.41, 5.74) is 2.69. The highest BCUT2D eigenvalue weighted by atomic mass is 16.5. The van der Waals surface area contributed by atoms with Crippen molar-refractivity contribution in [1.82, 2.24) is 15.5 Å². The van der Waals surface area contributed by atoms with Crippen LogP contribution in [-0.2, 0) is 12.8 Å². The lowest BCUT2D eigenvalue weighted by atomic mass is 10.1. The van der Waals surface area contributed by atoms with Gasteiger partial charge in [0.2, 0.25) is 0 Å². The van der Waals surface area contributed by atoms with E-state index in [1.807, 2.05) is 7.05 Å². The molecule has 0 amide bonds. The number of guanidine groups is 1. The average molecular weight is 347 g/mol. The Morgan fingerprint density at radius 2 is 2.04 bits per heavy atom. The van der Waals surface area contributed by atoms with Crippen LogP contribution in [0.2, 0.25) is 0 Å². The molecule has 1 aromatic rings. The van der Waals surface area contributed by atoms with Gasteiger partial charge in [-0.15, -0.1) is 0 Å². The Labute approximate surface area is 152 Å². The molecule has 2 N–H and O–H groups in total. The smallest absolute Gasteiger partial charge is 0.190 e. The highest BCUT2D eigenvalue weighted by molar-refractivity contribution is 5.79. The topological polar surface area (TPSA) is 48.9 Å². The second-order valence-corrected chi connectivity index (χ2v) is 7.00. The molecule has 0 aliphatic carbocycles. The van der Waals surface area contributed by atoms with Gasteiger partial charge in [-0.3, -0.25) is 4.99 Å². The Balaban J connectivity index is 1.60. The zero-order valence-electron chi connectivity index (χ0n) is 16.3. The fraction of sp³-hybridized carbons (Fsp3) is 0.650. The molecule has 2 rings (SSSR count). The van der Waals surface area contributed by atoms with Crippen LogP contribution in [0.25, 0.3) is 0 Å². The van der Waals surface area contributed by atoms with Gasteiger partial charge in [0, 0.05) is 32.6 Å². The molecular weight excluding hydrogens is 312 g/mol. The second kappa shape index (κ2) is 10.3. The first-order chi connectivity index (χ1) is 12.1. The number of aliphatic imine (C=N–C) groups is 1. The third kappa shape index (κ3) is 6.58. The van der Waals surface area contributed by atoms with Crippen LogP contribution >= 0.6 is 0 Å². The Morgan fingerprint density at radius 1 is 1.24 bits per heavy atom. The number of hydrogen-bond acceptors (Lipinski definition) is 3. The van der Waals surface area contributed by atoms with Crippen molar-refractivity contribution in [3.05, 3.63) is 29.3 Å². The number of rotatable bonds is 9. The SMILES string of the molecule is CN=C(NCCCCN(C)C(C)C)NCCc1ccc2c(c1)CCO2. The minimum absolute atomic E-state index is 0.619. The van der Waals surface area contributed by atoms with E-state index in [1.165, 1.54) is 17.5 Å². The summed E-state index contributed by atoms with van der Waals surface area (Å²) in [5, 5.41) is 6.80. The van der Waals surface area contributed by atoms with Gasteiger partial charge in [0.15, 0.2) is 5.96 Å². The van der Waals surface area contributed by atoms with Crippen molar-refractivity contribution >= 4 is 5.96 Å². The summed E-state index contributed by atoms with van der Waals surface area (Å²) in [5.74, 6) is 1.94. The molecule has 0 saturated carbocycles. The molecule has 0 unspecified atom stereocenters. The van der Waals surface area contributed by atoms with Crippen molar-refractivity contribution in [2.45, 2.75) is 45.6 Å². The maximum Gasteiger partial charge on any atom is 0.190 e. The van der Waals surface area contributed by atoms with Crippen LogP contribution in [-0.4, -0.2) is 57.2 Å². The van der Waals surface area contributed by atoms with Gasteiger partial charge in [0.1, 0.15) is 5.75 Å². The molecule has 0 bridgehead atoms.